The van der Waals surface area contributed by atoms with Crippen molar-refractivity contribution in [2.75, 3.05) is 6.61 Å². The summed E-state index contributed by atoms with van der Waals surface area (Å²) < 4.78 is 13.1. The molecule has 0 spiro atoms. The Morgan fingerprint density at radius 2 is 2.00 bits per heavy atom. The molecule has 0 fully saturated rings. The molecule has 3 nitrogen and oxygen atoms in total. The zero-order chi connectivity index (χ0) is 10.6. The van der Waals surface area contributed by atoms with E-state index in [9.17, 15) is 9.50 Å². The molecule has 1 aromatic carbocycles. The predicted molar refractivity (Wildman–Crippen MR) is 51.0 cm³/mol. The number of hydrogen-bond donors (Lipinski definition) is 3. The molecule has 0 radical (unpaired) electrons. The van der Waals surface area contributed by atoms with E-state index in [2.05, 4.69) is 0 Å². The average molecular weight is 199 g/mol. The lowest BCUT2D eigenvalue weighted by atomic mass is 10.0. The Bertz CT molecular complexity index is 293. The molecule has 0 heterocycles. The topological polar surface area (TPSA) is 66.5 Å². The Labute approximate surface area is 82.0 Å². The SMILES string of the molecule is N[C@H](CO)C[C@@H](O)c1ccccc1F. The third kappa shape index (κ3) is 2.77. The van der Waals surface area contributed by atoms with Crippen LogP contribution in [0.5, 0.6) is 0 Å². The zero-order valence-electron chi connectivity index (χ0n) is 7.73. The van der Waals surface area contributed by atoms with E-state index in [4.69, 9.17) is 10.8 Å². The van der Waals surface area contributed by atoms with Crippen LogP contribution in [0.2, 0.25) is 0 Å². The Kier molecular flexibility index (Phi) is 4.00. The van der Waals surface area contributed by atoms with Crippen molar-refractivity contribution >= 4 is 0 Å². The summed E-state index contributed by atoms with van der Waals surface area (Å²) in [6, 6.07) is 5.46. The fraction of sp³-hybridized carbons (Fsp3) is 0.400. The first kappa shape index (κ1) is 11.1. The molecule has 0 aromatic heterocycles. The van der Waals surface area contributed by atoms with Crippen molar-refractivity contribution in [1.29, 1.82) is 0 Å². The number of rotatable bonds is 4. The molecule has 4 heteroatoms. The highest BCUT2D eigenvalue weighted by Crippen LogP contribution is 2.20. The lowest BCUT2D eigenvalue weighted by Crippen LogP contribution is -2.26. The van der Waals surface area contributed by atoms with Crippen LogP contribution in [-0.2, 0) is 0 Å². The van der Waals surface area contributed by atoms with Gasteiger partial charge < -0.3 is 15.9 Å². The van der Waals surface area contributed by atoms with Crippen LogP contribution in [0, 0.1) is 5.82 Å². The summed E-state index contributed by atoms with van der Waals surface area (Å²) in [5.41, 5.74) is 5.65. The summed E-state index contributed by atoms with van der Waals surface area (Å²) in [7, 11) is 0. The fourth-order valence-corrected chi connectivity index (χ4v) is 1.23. The highest BCUT2D eigenvalue weighted by Gasteiger charge is 2.15. The minimum atomic E-state index is -0.960. The second kappa shape index (κ2) is 5.05. The third-order valence-electron chi connectivity index (χ3n) is 2.02. The van der Waals surface area contributed by atoms with Crippen LogP contribution in [0.4, 0.5) is 4.39 Å². The van der Waals surface area contributed by atoms with Gasteiger partial charge in [0.2, 0.25) is 0 Å². The van der Waals surface area contributed by atoms with E-state index >= 15 is 0 Å². The molecule has 0 bridgehead atoms. The second-order valence-corrected chi connectivity index (χ2v) is 3.22. The smallest absolute Gasteiger partial charge is 0.128 e. The van der Waals surface area contributed by atoms with Crippen LogP contribution in [0.15, 0.2) is 24.3 Å². The van der Waals surface area contributed by atoms with Gasteiger partial charge in [-0.05, 0) is 12.5 Å². The van der Waals surface area contributed by atoms with Crippen LogP contribution in [0.1, 0.15) is 18.1 Å². The number of aliphatic hydroxyl groups is 2. The molecule has 14 heavy (non-hydrogen) atoms. The van der Waals surface area contributed by atoms with Gasteiger partial charge in [0, 0.05) is 11.6 Å². The maximum atomic E-state index is 13.1. The molecule has 1 aromatic rings. The van der Waals surface area contributed by atoms with Crippen LogP contribution in [-0.4, -0.2) is 22.9 Å². The van der Waals surface area contributed by atoms with Crippen molar-refractivity contribution < 1.29 is 14.6 Å². The maximum absolute atomic E-state index is 13.1. The normalized spacial score (nSPS) is 15.1. The Morgan fingerprint density at radius 1 is 1.36 bits per heavy atom. The number of benzene rings is 1. The van der Waals surface area contributed by atoms with Gasteiger partial charge in [0.05, 0.1) is 12.7 Å². The van der Waals surface area contributed by atoms with Crippen molar-refractivity contribution in [3.05, 3.63) is 35.6 Å². The molecule has 2 atom stereocenters. The molecule has 0 aliphatic heterocycles. The minimum absolute atomic E-state index is 0.150. The van der Waals surface area contributed by atoms with E-state index in [1.165, 1.54) is 12.1 Å². The fourth-order valence-electron chi connectivity index (χ4n) is 1.23. The van der Waals surface area contributed by atoms with Gasteiger partial charge in [0.25, 0.3) is 0 Å². The number of nitrogens with two attached hydrogens (primary N) is 1. The van der Waals surface area contributed by atoms with Crippen molar-refractivity contribution in [2.24, 2.45) is 5.73 Å². The standard InChI is InChI=1S/C10H14FNO2/c11-9-4-2-1-3-8(9)10(14)5-7(12)6-13/h1-4,7,10,13-14H,5-6,12H2/t7-,10+/m0/s1. The maximum Gasteiger partial charge on any atom is 0.128 e. The van der Waals surface area contributed by atoms with Crippen molar-refractivity contribution in [3.8, 4) is 0 Å². The summed E-state index contributed by atoms with van der Waals surface area (Å²) in [6.07, 6.45) is -0.810. The number of aliphatic hydroxyl groups excluding tert-OH is 2. The first-order valence-corrected chi connectivity index (χ1v) is 4.44. The average Bonchev–Trinajstić information content (AvgIpc) is 2.18. The van der Waals surface area contributed by atoms with Gasteiger partial charge in [0.1, 0.15) is 5.82 Å². The molecule has 0 saturated carbocycles. The second-order valence-electron chi connectivity index (χ2n) is 3.22. The van der Waals surface area contributed by atoms with E-state index in [0.717, 1.165) is 0 Å². The first-order valence-electron chi connectivity index (χ1n) is 4.44. The molecular formula is C10H14FNO2. The van der Waals surface area contributed by atoms with Crippen molar-refractivity contribution in [2.45, 2.75) is 18.6 Å². The van der Waals surface area contributed by atoms with E-state index in [0.29, 0.717) is 0 Å². The molecule has 0 aliphatic rings. The highest BCUT2D eigenvalue weighted by molar-refractivity contribution is 5.19. The molecule has 78 valence electrons. The molecule has 4 N–H and O–H groups in total. The van der Waals surface area contributed by atoms with Crippen LogP contribution in [0.3, 0.4) is 0 Å². The van der Waals surface area contributed by atoms with E-state index in [1.54, 1.807) is 12.1 Å². The van der Waals surface area contributed by atoms with Gasteiger partial charge >= 0.3 is 0 Å². The molecule has 0 amide bonds. The van der Waals surface area contributed by atoms with Gasteiger partial charge in [-0.3, -0.25) is 0 Å². The Morgan fingerprint density at radius 3 is 2.57 bits per heavy atom. The number of halogens is 1. The van der Waals surface area contributed by atoms with Crippen molar-refractivity contribution in [1.82, 2.24) is 0 Å². The van der Waals surface area contributed by atoms with Gasteiger partial charge in [-0.1, -0.05) is 18.2 Å². The van der Waals surface area contributed by atoms with Gasteiger partial charge in [-0.2, -0.15) is 0 Å². The highest BCUT2D eigenvalue weighted by atomic mass is 19.1. The lowest BCUT2D eigenvalue weighted by molar-refractivity contribution is 0.137. The molecule has 0 saturated heterocycles. The summed E-state index contributed by atoms with van der Waals surface area (Å²) in [5, 5.41) is 18.2. The van der Waals surface area contributed by atoms with Crippen LogP contribution >= 0.6 is 0 Å². The zero-order valence-corrected chi connectivity index (χ0v) is 7.73. The van der Waals surface area contributed by atoms with Gasteiger partial charge in [0.15, 0.2) is 0 Å². The Hall–Kier alpha value is -0.970. The van der Waals surface area contributed by atoms with E-state index in [-0.39, 0.29) is 18.6 Å². The van der Waals surface area contributed by atoms with Gasteiger partial charge in [-0.15, -0.1) is 0 Å². The lowest BCUT2D eigenvalue weighted by Gasteiger charge is -2.15. The quantitative estimate of drug-likeness (QED) is 0.664. The molecule has 1 rings (SSSR count). The van der Waals surface area contributed by atoms with Gasteiger partial charge in [-0.25, -0.2) is 4.39 Å². The van der Waals surface area contributed by atoms with Crippen molar-refractivity contribution in [3.63, 3.8) is 0 Å². The van der Waals surface area contributed by atoms with Crippen LogP contribution < -0.4 is 5.73 Å². The minimum Gasteiger partial charge on any atom is -0.395 e. The third-order valence-corrected chi connectivity index (χ3v) is 2.02. The van der Waals surface area contributed by atoms with E-state index < -0.39 is 18.0 Å². The molecule has 0 aliphatic carbocycles. The molecular weight excluding hydrogens is 185 g/mol. The summed E-state index contributed by atoms with van der Waals surface area (Å²) in [5.74, 6) is -0.454. The summed E-state index contributed by atoms with van der Waals surface area (Å²) in [6.45, 7) is -0.217. The molecule has 0 unspecified atom stereocenters. The number of hydrogen-bond acceptors (Lipinski definition) is 3. The van der Waals surface area contributed by atoms with Crippen LogP contribution in [0.25, 0.3) is 0 Å². The monoisotopic (exact) mass is 199 g/mol. The largest absolute Gasteiger partial charge is 0.395 e. The summed E-state index contributed by atoms with van der Waals surface area (Å²) >= 11 is 0. The first-order chi connectivity index (χ1) is 6.65. The predicted octanol–water partition coefficient (Wildman–Crippen LogP) is 0.569. The Balaban J connectivity index is 2.69. The van der Waals surface area contributed by atoms with E-state index in [1.807, 2.05) is 0 Å². The summed E-state index contributed by atoms with van der Waals surface area (Å²) in [4.78, 5) is 0.